The molecular weight excluding hydrogens is 486 g/mol. The Morgan fingerprint density at radius 3 is 2.61 bits per heavy atom. The minimum Gasteiger partial charge on any atom is -0.496 e. The van der Waals surface area contributed by atoms with Crippen LogP contribution in [-0.2, 0) is 11.3 Å². The lowest BCUT2D eigenvalue weighted by molar-refractivity contribution is -0.117. The molecule has 0 fully saturated rings. The van der Waals surface area contributed by atoms with Gasteiger partial charge in [-0.05, 0) is 11.6 Å². The maximum atomic E-state index is 13.8. The van der Waals surface area contributed by atoms with Crippen LogP contribution >= 0.6 is 27.5 Å². The first kappa shape index (κ1) is 21.7. The second-order valence-corrected chi connectivity index (χ2v) is 8.77. The molecule has 2 aromatic rings. The zero-order chi connectivity index (χ0) is 22.3. The summed E-state index contributed by atoms with van der Waals surface area (Å²) in [7, 11) is 2.95. The first-order valence-electron chi connectivity index (χ1n) is 9.74. The Morgan fingerprint density at radius 1 is 1.23 bits per heavy atom. The number of nitrogens with one attached hydrogen (secondary N) is 1. The monoisotopic (exact) mass is 505 g/mol. The van der Waals surface area contributed by atoms with Crippen molar-refractivity contribution in [1.29, 1.82) is 0 Å². The van der Waals surface area contributed by atoms with E-state index in [0.717, 1.165) is 10.0 Å². The van der Waals surface area contributed by atoms with E-state index >= 15 is 0 Å². The summed E-state index contributed by atoms with van der Waals surface area (Å²) in [4.78, 5) is 26.2. The van der Waals surface area contributed by atoms with Crippen LogP contribution in [0.2, 0.25) is 5.02 Å². The fraction of sp³-hybridized carbons (Fsp3) is 0.304. The average Bonchev–Trinajstić information content (AvgIpc) is 3.06. The first-order valence-corrected chi connectivity index (χ1v) is 10.9. The molecule has 1 heterocycles. The van der Waals surface area contributed by atoms with Gasteiger partial charge in [-0.3, -0.25) is 9.59 Å². The van der Waals surface area contributed by atoms with E-state index in [2.05, 4.69) is 21.2 Å². The molecule has 1 spiro atoms. The number of ketones is 2. The molecule has 0 saturated carbocycles. The molecule has 0 unspecified atom stereocenters. The Hall–Kier alpha value is -2.51. The maximum Gasteiger partial charge on any atom is 0.220 e. The van der Waals surface area contributed by atoms with E-state index in [1.54, 1.807) is 6.07 Å². The molecule has 0 radical (unpaired) electrons. The van der Waals surface area contributed by atoms with Gasteiger partial charge in [0.25, 0.3) is 0 Å². The molecule has 2 atom stereocenters. The number of rotatable bonds is 5. The van der Waals surface area contributed by atoms with Gasteiger partial charge >= 0.3 is 0 Å². The van der Waals surface area contributed by atoms with Crippen molar-refractivity contribution in [3.8, 4) is 17.2 Å². The maximum absolute atomic E-state index is 13.8. The summed E-state index contributed by atoms with van der Waals surface area (Å²) in [6.07, 6.45) is 1.63. The van der Waals surface area contributed by atoms with Gasteiger partial charge in [-0.1, -0.05) is 52.7 Å². The second-order valence-electron chi connectivity index (χ2n) is 7.54. The third kappa shape index (κ3) is 3.40. The number of hydrogen-bond donors (Lipinski definition) is 1. The molecule has 2 aliphatic rings. The number of carbonyl (C=O) groups excluding carboxylic acids is 2. The van der Waals surface area contributed by atoms with E-state index in [9.17, 15) is 9.59 Å². The SMILES string of the molecule is COc1cc(OC)c2c(c1Cl)O[C@]1(C2=O)C(NCc2ccccc2Br)=CC(=O)C[C@H]1C. The highest BCUT2D eigenvalue weighted by Crippen LogP contribution is 2.54. The number of allylic oxidation sites excluding steroid dienone is 1. The molecule has 6 nitrogen and oxygen atoms in total. The van der Waals surface area contributed by atoms with Crippen LogP contribution in [0.3, 0.4) is 0 Å². The third-order valence-electron chi connectivity index (χ3n) is 5.75. The summed E-state index contributed by atoms with van der Waals surface area (Å²) >= 11 is 10.0. The molecule has 1 aliphatic heterocycles. The first-order chi connectivity index (χ1) is 14.8. The molecule has 1 aliphatic carbocycles. The topological polar surface area (TPSA) is 73.9 Å². The Morgan fingerprint density at radius 2 is 1.94 bits per heavy atom. The number of hydrogen-bond acceptors (Lipinski definition) is 6. The fourth-order valence-corrected chi connectivity index (χ4v) is 4.85. The number of Topliss-reactive ketones (excluding diaryl/α,β-unsaturated/α-hetero) is 1. The Labute approximate surface area is 193 Å². The molecule has 4 rings (SSSR count). The lowest BCUT2D eigenvalue weighted by atomic mass is 9.74. The van der Waals surface area contributed by atoms with E-state index in [1.165, 1.54) is 20.3 Å². The molecule has 8 heteroatoms. The van der Waals surface area contributed by atoms with Gasteiger partial charge in [0.15, 0.2) is 11.5 Å². The summed E-state index contributed by atoms with van der Waals surface area (Å²) in [5.41, 5.74) is 0.235. The highest BCUT2D eigenvalue weighted by Gasteiger charge is 2.58. The second kappa shape index (κ2) is 8.20. The smallest absolute Gasteiger partial charge is 0.220 e. The third-order valence-corrected chi connectivity index (χ3v) is 6.88. The minimum absolute atomic E-state index is 0.0734. The number of methoxy groups -OCH3 is 2. The van der Waals surface area contributed by atoms with Gasteiger partial charge in [0.2, 0.25) is 11.4 Å². The minimum atomic E-state index is -1.40. The van der Waals surface area contributed by atoms with E-state index in [1.807, 2.05) is 31.2 Å². The Balaban J connectivity index is 1.80. The van der Waals surface area contributed by atoms with E-state index in [4.69, 9.17) is 25.8 Å². The predicted molar refractivity (Wildman–Crippen MR) is 120 cm³/mol. The van der Waals surface area contributed by atoms with Crippen LogP contribution in [0, 0.1) is 5.92 Å². The van der Waals surface area contributed by atoms with Crippen LogP contribution in [0.15, 0.2) is 46.6 Å². The zero-order valence-electron chi connectivity index (χ0n) is 17.3. The molecule has 2 aromatic carbocycles. The molecule has 0 bridgehead atoms. The number of benzene rings is 2. The normalized spacial score (nSPS) is 22.1. The molecule has 0 aromatic heterocycles. The van der Waals surface area contributed by atoms with Crippen molar-refractivity contribution in [2.75, 3.05) is 14.2 Å². The van der Waals surface area contributed by atoms with Crippen molar-refractivity contribution in [1.82, 2.24) is 5.32 Å². The van der Waals surface area contributed by atoms with Gasteiger partial charge in [-0.15, -0.1) is 0 Å². The predicted octanol–water partition coefficient (Wildman–Crippen LogP) is 4.72. The quantitative estimate of drug-likeness (QED) is 0.633. The molecule has 1 N–H and O–H groups in total. The van der Waals surface area contributed by atoms with Crippen LogP contribution in [0.25, 0.3) is 0 Å². The molecule has 0 amide bonds. The molecule has 31 heavy (non-hydrogen) atoms. The van der Waals surface area contributed by atoms with Crippen LogP contribution in [0.5, 0.6) is 17.2 Å². The van der Waals surface area contributed by atoms with Gasteiger partial charge in [-0.25, -0.2) is 0 Å². The standard InChI is InChI=1S/C23H21BrClNO5/c1-12-8-14(27)9-18(26-11-13-6-4-5-7-15(13)24)23(12)22(28)19-16(29-2)10-17(30-3)20(25)21(19)31-23/h4-7,9-10,12,26H,8,11H2,1-3H3/t12-,23+/m1/s1. The van der Waals surface area contributed by atoms with Crippen molar-refractivity contribution in [2.45, 2.75) is 25.5 Å². The van der Waals surface area contributed by atoms with Crippen molar-refractivity contribution >= 4 is 39.1 Å². The number of ether oxygens (including phenoxy) is 3. The van der Waals surface area contributed by atoms with Crippen LogP contribution < -0.4 is 19.5 Å². The largest absolute Gasteiger partial charge is 0.496 e. The van der Waals surface area contributed by atoms with E-state index in [-0.39, 0.29) is 34.3 Å². The summed E-state index contributed by atoms with van der Waals surface area (Å²) < 4.78 is 18.0. The fourth-order valence-electron chi connectivity index (χ4n) is 4.16. The lowest BCUT2D eigenvalue weighted by Gasteiger charge is -2.38. The van der Waals surface area contributed by atoms with Crippen LogP contribution in [-0.4, -0.2) is 31.4 Å². The number of fused-ring (bicyclic) bond motifs is 1. The van der Waals surface area contributed by atoms with Crippen LogP contribution in [0.4, 0.5) is 0 Å². The van der Waals surface area contributed by atoms with Crippen molar-refractivity contribution in [3.63, 3.8) is 0 Å². The van der Waals surface area contributed by atoms with Crippen molar-refractivity contribution in [2.24, 2.45) is 5.92 Å². The number of halogens is 2. The zero-order valence-corrected chi connectivity index (χ0v) is 19.6. The summed E-state index contributed by atoms with van der Waals surface area (Å²) in [5.74, 6) is 0.0716. The van der Waals surface area contributed by atoms with E-state index in [0.29, 0.717) is 23.7 Å². The number of carbonyl (C=O) groups is 2. The highest BCUT2D eigenvalue weighted by molar-refractivity contribution is 9.10. The lowest BCUT2D eigenvalue weighted by Crippen LogP contribution is -2.54. The van der Waals surface area contributed by atoms with Crippen LogP contribution in [0.1, 0.15) is 29.3 Å². The van der Waals surface area contributed by atoms with Gasteiger partial charge < -0.3 is 19.5 Å². The van der Waals surface area contributed by atoms with Gasteiger partial charge in [0, 0.05) is 35.5 Å². The van der Waals surface area contributed by atoms with Gasteiger partial charge in [0.05, 0.1) is 19.9 Å². The summed E-state index contributed by atoms with van der Waals surface area (Å²) in [5, 5.41) is 3.46. The van der Waals surface area contributed by atoms with Crippen molar-refractivity contribution < 1.29 is 23.8 Å². The van der Waals surface area contributed by atoms with Gasteiger partial charge in [0.1, 0.15) is 22.1 Å². The van der Waals surface area contributed by atoms with E-state index < -0.39 is 11.5 Å². The summed E-state index contributed by atoms with van der Waals surface area (Å²) in [6.45, 7) is 2.22. The Kier molecular flexibility index (Phi) is 5.75. The molecule has 162 valence electrons. The van der Waals surface area contributed by atoms with Gasteiger partial charge in [-0.2, -0.15) is 0 Å². The molecule has 0 saturated heterocycles. The van der Waals surface area contributed by atoms with Crippen molar-refractivity contribution in [3.05, 3.63) is 62.7 Å². The highest BCUT2D eigenvalue weighted by atomic mass is 79.9. The average molecular weight is 507 g/mol. The molecular formula is C23H21BrClNO5. The Bertz CT molecular complexity index is 1120. The summed E-state index contributed by atoms with van der Waals surface area (Å²) in [6, 6.07) is 9.29.